The number of benzene rings is 2. The van der Waals surface area contributed by atoms with Gasteiger partial charge in [0.05, 0.1) is 5.69 Å². The number of hydrogen-bond donors (Lipinski definition) is 0. The quantitative estimate of drug-likeness (QED) is 0.547. The van der Waals surface area contributed by atoms with Crippen LogP contribution in [0.15, 0.2) is 60.9 Å². The molecule has 1 aromatic heterocycles. The molecule has 5 heteroatoms. The summed E-state index contributed by atoms with van der Waals surface area (Å²) in [6.07, 6.45) is 4.88. The Kier molecular flexibility index (Phi) is 3.87. The van der Waals surface area contributed by atoms with Gasteiger partial charge in [0.2, 0.25) is 0 Å². The van der Waals surface area contributed by atoms with Gasteiger partial charge in [-0.25, -0.2) is 4.68 Å². The normalized spacial score (nSPS) is 11.0. The lowest BCUT2D eigenvalue weighted by Gasteiger charge is -2.01. The van der Waals surface area contributed by atoms with Gasteiger partial charge < -0.3 is 0 Å². The number of carbonyl (C=O) groups is 1. The van der Waals surface area contributed by atoms with Gasteiger partial charge >= 0.3 is 0 Å². The van der Waals surface area contributed by atoms with E-state index < -0.39 is 0 Å². The highest BCUT2D eigenvalue weighted by molar-refractivity contribution is 6.07. The zero-order chi connectivity index (χ0) is 15.4. The zero-order valence-electron chi connectivity index (χ0n) is 12.0. The Morgan fingerprint density at radius 3 is 2.68 bits per heavy atom. The third kappa shape index (κ3) is 3.15. The average Bonchev–Trinajstić information content (AvgIpc) is 3.09. The standard InChI is InChI=1S/C17H14N4O/c1-13-5-7-14(8-6-13)9-10-17(22)15-3-2-4-16(11-15)21-12-18-19-20-21/h2-12H,1H3/b10-9+. The molecule has 0 spiro atoms. The Balaban J connectivity index is 1.80. The summed E-state index contributed by atoms with van der Waals surface area (Å²) in [4.78, 5) is 12.3. The number of aryl methyl sites for hydroxylation is 1. The Hall–Kier alpha value is -3.08. The van der Waals surface area contributed by atoms with E-state index in [1.165, 1.54) is 16.6 Å². The van der Waals surface area contributed by atoms with Crippen molar-refractivity contribution < 1.29 is 4.79 Å². The van der Waals surface area contributed by atoms with Crippen molar-refractivity contribution in [2.45, 2.75) is 6.92 Å². The fourth-order valence-electron chi connectivity index (χ4n) is 2.03. The molecule has 0 amide bonds. The van der Waals surface area contributed by atoms with Crippen LogP contribution in [0.4, 0.5) is 0 Å². The van der Waals surface area contributed by atoms with Gasteiger partial charge in [0.1, 0.15) is 6.33 Å². The van der Waals surface area contributed by atoms with Crippen LogP contribution >= 0.6 is 0 Å². The van der Waals surface area contributed by atoms with Gasteiger partial charge in [0.25, 0.3) is 0 Å². The van der Waals surface area contributed by atoms with Gasteiger partial charge in [-0.3, -0.25) is 4.79 Å². The number of hydrogen-bond acceptors (Lipinski definition) is 4. The molecule has 2 aromatic carbocycles. The molecule has 0 fully saturated rings. The summed E-state index contributed by atoms with van der Waals surface area (Å²) in [5, 5.41) is 11.0. The summed E-state index contributed by atoms with van der Waals surface area (Å²) >= 11 is 0. The molecule has 0 N–H and O–H groups in total. The van der Waals surface area contributed by atoms with E-state index in [-0.39, 0.29) is 5.78 Å². The van der Waals surface area contributed by atoms with Crippen LogP contribution in [-0.4, -0.2) is 26.0 Å². The summed E-state index contributed by atoms with van der Waals surface area (Å²) in [6, 6.07) is 15.2. The molecule has 3 aromatic rings. The predicted molar refractivity (Wildman–Crippen MR) is 83.7 cm³/mol. The average molecular weight is 290 g/mol. The minimum absolute atomic E-state index is 0.0597. The van der Waals surface area contributed by atoms with Gasteiger partial charge in [0, 0.05) is 5.56 Å². The van der Waals surface area contributed by atoms with Crippen LogP contribution in [0, 0.1) is 6.92 Å². The fourth-order valence-corrected chi connectivity index (χ4v) is 2.03. The molecule has 0 saturated carbocycles. The van der Waals surface area contributed by atoms with Crippen LogP contribution in [0.2, 0.25) is 0 Å². The number of rotatable bonds is 4. The highest BCUT2D eigenvalue weighted by atomic mass is 16.1. The predicted octanol–water partition coefficient (Wildman–Crippen LogP) is 2.87. The molecule has 108 valence electrons. The second kappa shape index (κ2) is 6.13. The molecular weight excluding hydrogens is 276 g/mol. The van der Waals surface area contributed by atoms with E-state index in [9.17, 15) is 4.79 Å². The monoisotopic (exact) mass is 290 g/mol. The molecular formula is C17H14N4O. The molecule has 0 radical (unpaired) electrons. The molecule has 0 atom stereocenters. The lowest BCUT2D eigenvalue weighted by Crippen LogP contribution is -1.99. The van der Waals surface area contributed by atoms with E-state index in [0.29, 0.717) is 5.56 Å². The Morgan fingerprint density at radius 2 is 1.95 bits per heavy atom. The minimum atomic E-state index is -0.0597. The van der Waals surface area contributed by atoms with Crippen molar-refractivity contribution in [2.24, 2.45) is 0 Å². The van der Waals surface area contributed by atoms with E-state index in [4.69, 9.17) is 0 Å². The Labute approximate surface area is 127 Å². The molecule has 3 rings (SSSR count). The van der Waals surface area contributed by atoms with Gasteiger partial charge in [-0.2, -0.15) is 0 Å². The minimum Gasteiger partial charge on any atom is -0.289 e. The summed E-state index contributed by atoms with van der Waals surface area (Å²) in [6.45, 7) is 2.03. The van der Waals surface area contributed by atoms with E-state index in [2.05, 4.69) is 15.5 Å². The molecule has 22 heavy (non-hydrogen) atoms. The zero-order valence-corrected chi connectivity index (χ0v) is 12.0. The molecule has 0 aliphatic rings. The van der Waals surface area contributed by atoms with Crippen molar-refractivity contribution in [3.05, 3.63) is 77.6 Å². The summed E-state index contributed by atoms with van der Waals surface area (Å²) < 4.78 is 1.51. The first-order chi connectivity index (χ1) is 10.7. The molecule has 0 aliphatic carbocycles. The second-order valence-electron chi connectivity index (χ2n) is 4.91. The number of carbonyl (C=O) groups excluding carboxylic acids is 1. The maximum absolute atomic E-state index is 12.3. The smallest absolute Gasteiger partial charge is 0.185 e. The van der Waals surface area contributed by atoms with E-state index in [0.717, 1.165) is 11.3 Å². The number of aromatic nitrogens is 4. The Bertz CT molecular complexity index is 805. The van der Waals surface area contributed by atoms with Crippen molar-refractivity contribution in [3.63, 3.8) is 0 Å². The van der Waals surface area contributed by atoms with Crippen molar-refractivity contribution in [1.82, 2.24) is 20.2 Å². The lowest BCUT2D eigenvalue weighted by molar-refractivity contribution is 0.104. The first-order valence-electron chi connectivity index (χ1n) is 6.85. The van der Waals surface area contributed by atoms with Crippen LogP contribution < -0.4 is 0 Å². The fraction of sp³-hybridized carbons (Fsp3) is 0.0588. The van der Waals surface area contributed by atoms with Crippen LogP contribution in [0.1, 0.15) is 21.5 Å². The highest BCUT2D eigenvalue weighted by Crippen LogP contribution is 2.11. The first-order valence-corrected chi connectivity index (χ1v) is 6.85. The highest BCUT2D eigenvalue weighted by Gasteiger charge is 2.04. The van der Waals surface area contributed by atoms with E-state index >= 15 is 0 Å². The van der Waals surface area contributed by atoms with Crippen molar-refractivity contribution in [3.8, 4) is 5.69 Å². The molecule has 0 bridgehead atoms. The number of nitrogens with zero attached hydrogens (tertiary/aromatic N) is 4. The molecule has 0 aliphatic heterocycles. The number of allylic oxidation sites excluding steroid dienone is 1. The van der Waals surface area contributed by atoms with Crippen LogP contribution in [0.3, 0.4) is 0 Å². The molecule has 0 saturated heterocycles. The molecule has 1 heterocycles. The second-order valence-corrected chi connectivity index (χ2v) is 4.91. The largest absolute Gasteiger partial charge is 0.289 e. The number of tetrazole rings is 1. The summed E-state index contributed by atoms with van der Waals surface area (Å²) in [5.74, 6) is -0.0597. The number of ketones is 1. The van der Waals surface area contributed by atoms with Gasteiger partial charge in [-0.1, -0.05) is 48.0 Å². The van der Waals surface area contributed by atoms with Crippen molar-refractivity contribution in [1.29, 1.82) is 0 Å². The van der Waals surface area contributed by atoms with E-state index in [1.54, 1.807) is 18.2 Å². The van der Waals surface area contributed by atoms with E-state index in [1.807, 2.05) is 49.4 Å². The lowest BCUT2D eigenvalue weighted by atomic mass is 10.1. The van der Waals surface area contributed by atoms with Crippen LogP contribution in [0.25, 0.3) is 11.8 Å². The summed E-state index contributed by atoms with van der Waals surface area (Å²) in [5.41, 5.74) is 3.53. The SMILES string of the molecule is Cc1ccc(/C=C/C(=O)c2cccc(-n3cnnn3)c2)cc1. The third-order valence-electron chi connectivity index (χ3n) is 3.25. The van der Waals surface area contributed by atoms with Gasteiger partial charge in [0.15, 0.2) is 5.78 Å². The van der Waals surface area contributed by atoms with Crippen LogP contribution in [0.5, 0.6) is 0 Å². The van der Waals surface area contributed by atoms with Crippen LogP contribution in [-0.2, 0) is 0 Å². The first kappa shape index (κ1) is 13.9. The van der Waals surface area contributed by atoms with Gasteiger partial charge in [-0.05, 0) is 41.1 Å². The van der Waals surface area contributed by atoms with Crippen molar-refractivity contribution >= 4 is 11.9 Å². The Morgan fingerprint density at radius 1 is 1.14 bits per heavy atom. The maximum Gasteiger partial charge on any atom is 0.185 e. The molecule has 5 nitrogen and oxygen atoms in total. The van der Waals surface area contributed by atoms with Crippen molar-refractivity contribution in [2.75, 3.05) is 0 Å². The molecule has 0 unspecified atom stereocenters. The summed E-state index contributed by atoms with van der Waals surface area (Å²) in [7, 11) is 0. The third-order valence-corrected chi connectivity index (χ3v) is 3.25. The topological polar surface area (TPSA) is 60.7 Å². The maximum atomic E-state index is 12.3. The van der Waals surface area contributed by atoms with Gasteiger partial charge in [-0.15, -0.1) is 5.10 Å².